The number of hydrogen-bond acceptors (Lipinski definition) is 4. The summed E-state index contributed by atoms with van der Waals surface area (Å²) in [5.74, 6) is -1.39. The van der Waals surface area contributed by atoms with Crippen molar-refractivity contribution < 1.29 is 18.7 Å². The highest BCUT2D eigenvalue weighted by Crippen LogP contribution is 2.30. The van der Waals surface area contributed by atoms with Gasteiger partial charge in [0.05, 0.1) is 12.7 Å². The van der Waals surface area contributed by atoms with Crippen molar-refractivity contribution in [2.45, 2.75) is 70.6 Å². The fraction of sp³-hybridized carbons (Fsp3) is 1.00. The fourth-order valence-corrected chi connectivity index (χ4v) is 3.74. The molecule has 1 aliphatic heterocycles. The Morgan fingerprint density at radius 1 is 1.17 bits per heavy atom. The molecule has 2 atom stereocenters. The standard InChI is InChI=1S/C12H28O4Si2/c1-17(2,3)14-10-11-8-7-9-12(13,15-11)16-18(4,5)6/h11,13H,7-10H2,1-6H3. The van der Waals surface area contributed by atoms with Crippen molar-refractivity contribution in [2.24, 2.45) is 0 Å². The zero-order valence-corrected chi connectivity index (χ0v) is 14.6. The minimum Gasteiger partial charge on any atom is -0.415 e. The molecular weight excluding hydrogens is 264 g/mol. The summed E-state index contributed by atoms with van der Waals surface area (Å²) in [6.45, 7) is 13.2. The van der Waals surface area contributed by atoms with Crippen LogP contribution in [0.5, 0.6) is 0 Å². The van der Waals surface area contributed by atoms with Gasteiger partial charge < -0.3 is 18.7 Å². The highest BCUT2D eigenvalue weighted by Gasteiger charge is 2.40. The molecule has 18 heavy (non-hydrogen) atoms. The summed E-state index contributed by atoms with van der Waals surface area (Å²) >= 11 is 0. The van der Waals surface area contributed by atoms with E-state index in [1.165, 1.54) is 0 Å². The third-order valence-electron chi connectivity index (χ3n) is 2.54. The Bertz CT molecular complexity index is 272. The summed E-state index contributed by atoms with van der Waals surface area (Å²) in [5.41, 5.74) is 0. The molecule has 1 N–H and O–H groups in total. The maximum absolute atomic E-state index is 10.4. The first-order chi connectivity index (χ1) is 7.99. The second-order valence-electron chi connectivity index (χ2n) is 6.98. The van der Waals surface area contributed by atoms with Gasteiger partial charge in [-0.3, -0.25) is 0 Å². The summed E-state index contributed by atoms with van der Waals surface area (Å²) in [4.78, 5) is 0. The van der Waals surface area contributed by atoms with Crippen LogP contribution in [0, 0.1) is 0 Å². The van der Waals surface area contributed by atoms with E-state index in [2.05, 4.69) is 39.3 Å². The van der Waals surface area contributed by atoms with Crippen LogP contribution in [0.15, 0.2) is 0 Å². The van der Waals surface area contributed by atoms with Crippen molar-refractivity contribution in [2.75, 3.05) is 6.61 Å². The molecule has 0 bridgehead atoms. The van der Waals surface area contributed by atoms with Crippen LogP contribution in [0.25, 0.3) is 0 Å². The Hall–Kier alpha value is 0.274. The van der Waals surface area contributed by atoms with Gasteiger partial charge >= 0.3 is 0 Å². The molecule has 0 saturated carbocycles. The lowest BCUT2D eigenvalue weighted by atomic mass is 10.1. The summed E-state index contributed by atoms with van der Waals surface area (Å²) in [6.07, 6.45) is 2.36. The minimum atomic E-state index is -1.81. The van der Waals surface area contributed by atoms with Crippen molar-refractivity contribution in [1.82, 2.24) is 0 Å². The molecule has 1 fully saturated rings. The van der Waals surface area contributed by atoms with Crippen LogP contribution in [0.1, 0.15) is 19.3 Å². The van der Waals surface area contributed by atoms with E-state index in [4.69, 9.17) is 13.6 Å². The van der Waals surface area contributed by atoms with E-state index >= 15 is 0 Å². The Morgan fingerprint density at radius 2 is 1.78 bits per heavy atom. The third kappa shape index (κ3) is 6.44. The van der Waals surface area contributed by atoms with Crippen LogP contribution in [-0.4, -0.2) is 40.4 Å². The lowest BCUT2D eigenvalue weighted by molar-refractivity contribution is -0.361. The molecule has 1 aliphatic rings. The van der Waals surface area contributed by atoms with Gasteiger partial charge in [0.2, 0.25) is 0 Å². The molecular formula is C12H28O4Si2. The van der Waals surface area contributed by atoms with Crippen LogP contribution >= 0.6 is 0 Å². The van der Waals surface area contributed by atoms with E-state index in [-0.39, 0.29) is 6.10 Å². The van der Waals surface area contributed by atoms with Crippen LogP contribution in [-0.2, 0) is 13.6 Å². The summed E-state index contributed by atoms with van der Waals surface area (Å²) < 4.78 is 17.3. The first-order valence-electron chi connectivity index (χ1n) is 6.73. The van der Waals surface area contributed by atoms with Crippen LogP contribution in [0.2, 0.25) is 39.3 Å². The Kier molecular flexibility index (Phi) is 5.19. The maximum Gasteiger partial charge on any atom is 0.271 e. The van der Waals surface area contributed by atoms with Crippen molar-refractivity contribution in [3.05, 3.63) is 0 Å². The normalized spacial score (nSPS) is 30.5. The summed E-state index contributed by atoms with van der Waals surface area (Å²) in [5, 5.41) is 10.4. The zero-order chi connectivity index (χ0) is 14.0. The zero-order valence-electron chi connectivity index (χ0n) is 12.6. The number of ether oxygens (including phenoxy) is 1. The predicted octanol–water partition coefficient (Wildman–Crippen LogP) is 2.90. The van der Waals surface area contributed by atoms with Crippen molar-refractivity contribution >= 4 is 16.6 Å². The van der Waals surface area contributed by atoms with Gasteiger partial charge in [0.1, 0.15) is 0 Å². The van der Waals surface area contributed by atoms with E-state index < -0.39 is 22.6 Å². The second kappa shape index (κ2) is 5.72. The highest BCUT2D eigenvalue weighted by molar-refractivity contribution is 6.70. The molecule has 0 spiro atoms. The molecule has 2 unspecified atom stereocenters. The van der Waals surface area contributed by atoms with Gasteiger partial charge in [-0.2, -0.15) is 0 Å². The molecule has 0 aromatic carbocycles. The smallest absolute Gasteiger partial charge is 0.271 e. The van der Waals surface area contributed by atoms with Crippen molar-refractivity contribution in [1.29, 1.82) is 0 Å². The molecule has 0 radical (unpaired) electrons. The Balaban J connectivity index is 2.50. The first kappa shape index (κ1) is 16.3. The van der Waals surface area contributed by atoms with Gasteiger partial charge in [-0.15, -0.1) is 0 Å². The number of rotatable bonds is 5. The van der Waals surface area contributed by atoms with E-state index in [9.17, 15) is 5.11 Å². The Morgan fingerprint density at radius 3 is 2.28 bits per heavy atom. The predicted molar refractivity (Wildman–Crippen MR) is 77.4 cm³/mol. The number of hydrogen-bond donors (Lipinski definition) is 1. The van der Waals surface area contributed by atoms with Gasteiger partial charge in [-0.25, -0.2) is 0 Å². The van der Waals surface area contributed by atoms with E-state index in [0.717, 1.165) is 12.8 Å². The second-order valence-corrected chi connectivity index (χ2v) is 15.9. The molecule has 1 rings (SSSR count). The average Bonchev–Trinajstić information content (AvgIpc) is 2.09. The van der Waals surface area contributed by atoms with Crippen molar-refractivity contribution in [3.63, 3.8) is 0 Å². The molecule has 0 aromatic rings. The van der Waals surface area contributed by atoms with Crippen molar-refractivity contribution in [3.8, 4) is 0 Å². The van der Waals surface area contributed by atoms with E-state index in [1.807, 2.05) is 0 Å². The monoisotopic (exact) mass is 292 g/mol. The quantitative estimate of drug-likeness (QED) is 0.625. The van der Waals surface area contributed by atoms with Gasteiger partial charge in [0.25, 0.3) is 5.97 Å². The summed E-state index contributed by atoms with van der Waals surface area (Å²) in [6, 6.07) is 0. The third-order valence-corrected chi connectivity index (χ3v) is 4.50. The molecule has 4 nitrogen and oxygen atoms in total. The molecule has 6 heteroatoms. The molecule has 1 heterocycles. The number of aliphatic hydroxyl groups is 1. The van der Waals surface area contributed by atoms with E-state index in [1.54, 1.807) is 0 Å². The molecule has 0 amide bonds. The Labute approximate surface area is 113 Å². The van der Waals surface area contributed by atoms with Gasteiger partial charge in [0.15, 0.2) is 16.6 Å². The lowest BCUT2D eigenvalue weighted by Crippen LogP contribution is -2.50. The fourth-order valence-electron chi connectivity index (χ4n) is 1.95. The SMILES string of the molecule is C[Si](C)(C)OCC1CCCC(O)(O[Si](C)(C)C)O1. The van der Waals surface area contributed by atoms with Gasteiger partial charge in [-0.05, 0) is 52.1 Å². The van der Waals surface area contributed by atoms with Crippen LogP contribution in [0.4, 0.5) is 0 Å². The topological polar surface area (TPSA) is 47.9 Å². The minimum absolute atomic E-state index is 0.0492. The lowest BCUT2D eigenvalue weighted by Gasteiger charge is -2.40. The average molecular weight is 293 g/mol. The molecule has 0 aromatic heterocycles. The first-order valence-corrected chi connectivity index (χ1v) is 13.6. The maximum atomic E-state index is 10.4. The molecule has 0 aliphatic carbocycles. The largest absolute Gasteiger partial charge is 0.415 e. The molecule has 108 valence electrons. The van der Waals surface area contributed by atoms with Gasteiger partial charge in [-0.1, -0.05) is 0 Å². The molecule has 1 saturated heterocycles. The summed E-state index contributed by atoms with van der Waals surface area (Å²) in [7, 11) is -3.34. The van der Waals surface area contributed by atoms with E-state index in [0.29, 0.717) is 13.0 Å². The van der Waals surface area contributed by atoms with Crippen LogP contribution in [0.3, 0.4) is 0 Å². The van der Waals surface area contributed by atoms with Gasteiger partial charge in [0, 0.05) is 6.42 Å². The highest BCUT2D eigenvalue weighted by atomic mass is 28.4. The van der Waals surface area contributed by atoms with Crippen LogP contribution < -0.4 is 0 Å².